The van der Waals surface area contributed by atoms with Crippen LogP contribution in [0.2, 0.25) is 0 Å². The smallest absolute Gasteiger partial charge is 0.293 e. The van der Waals surface area contributed by atoms with Crippen molar-refractivity contribution in [3.05, 3.63) is 58.0 Å². The van der Waals surface area contributed by atoms with Crippen LogP contribution in [0.5, 0.6) is 0 Å². The van der Waals surface area contributed by atoms with Crippen molar-refractivity contribution in [1.29, 1.82) is 0 Å². The molecule has 0 aliphatic carbocycles. The average Bonchev–Trinajstić information content (AvgIpc) is 3.24. The highest BCUT2D eigenvalue weighted by atomic mass is 16.6. The molecule has 9 nitrogen and oxygen atoms in total. The van der Waals surface area contributed by atoms with E-state index in [0.717, 1.165) is 5.76 Å². The molecule has 150 valence electrons. The molecular formula is C19H23N3O6. The predicted molar refractivity (Wildman–Crippen MR) is 101 cm³/mol. The summed E-state index contributed by atoms with van der Waals surface area (Å²) in [6.07, 6.45) is 2.07. The number of aliphatic hydroxyl groups is 1. The molecule has 0 unspecified atom stereocenters. The Labute approximate surface area is 162 Å². The number of amides is 1. The Bertz CT molecular complexity index is 802. The zero-order valence-corrected chi connectivity index (χ0v) is 15.4. The Balaban J connectivity index is 1.70. The van der Waals surface area contributed by atoms with Crippen molar-refractivity contribution in [3.63, 3.8) is 0 Å². The van der Waals surface area contributed by atoms with E-state index in [1.54, 1.807) is 23.3 Å². The van der Waals surface area contributed by atoms with Crippen LogP contribution in [0.25, 0.3) is 0 Å². The number of hydrogen-bond donors (Lipinski definition) is 2. The second-order valence-electron chi connectivity index (χ2n) is 6.61. The number of aliphatic hydroxyl groups excluding tert-OH is 1. The number of carbonyl (C=O) groups excluding carboxylic acids is 1. The number of nitrogens with one attached hydrogen (secondary N) is 1. The SMILES string of the molecule is O=C(c1ccc(NC[C@H](CO)Cc2ccco2)c([N+](=O)[O-])c1)N1CCOCC1. The van der Waals surface area contributed by atoms with Crippen molar-refractivity contribution in [1.82, 2.24) is 4.90 Å². The molecule has 9 heteroatoms. The summed E-state index contributed by atoms with van der Waals surface area (Å²) in [7, 11) is 0. The first-order valence-corrected chi connectivity index (χ1v) is 9.11. The number of morpholine rings is 1. The lowest BCUT2D eigenvalue weighted by molar-refractivity contribution is -0.384. The minimum absolute atomic E-state index is 0.0882. The zero-order valence-electron chi connectivity index (χ0n) is 15.4. The number of anilines is 1. The summed E-state index contributed by atoms with van der Waals surface area (Å²) in [5, 5.41) is 24.1. The summed E-state index contributed by atoms with van der Waals surface area (Å²) in [6.45, 7) is 2.11. The standard InChI is InChI=1S/C19H23N3O6/c23-13-14(10-16-2-1-7-28-16)12-20-17-4-3-15(11-18(17)22(25)26)19(24)21-5-8-27-9-6-21/h1-4,7,11,14,20,23H,5-6,8-10,12-13H2/t14-/m1/s1. The van der Waals surface area contributed by atoms with Gasteiger partial charge in [0, 0.05) is 50.2 Å². The molecule has 2 N–H and O–H groups in total. The van der Waals surface area contributed by atoms with Gasteiger partial charge in [0.1, 0.15) is 11.4 Å². The van der Waals surface area contributed by atoms with E-state index < -0.39 is 4.92 Å². The first kappa shape index (κ1) is 19.8. The van der Waals surface area contributed by atoms with Crippen molar-refractivity contribution < 1.29 is 24.0 Å². The molecule has 0 radical (unpaired) electrons. The normalized spacial score (nSPS) is 15.2. The van der Waals surface area contributed by atoms with Crippen LogP contribution in [-0.4, -0.2) is 60.3 Å². The van der Waals surface area contributed by atoms with Crippen LogP contribution in [0.4, 0.5) is 11.4 Å². The highest BCUT2D eigenvalue weighted by molar-refractivity contribution is 5.95. The molecule has 0 saturated carbocycles. The molecule has 1 amide bonds. The summed E-state index contributed by atoms with van der Waals surface area (Å²) < 4.78 is 10.5. The molecule has 1 aliphatic heterocycles. The van der Waals surface area contributed by atoms with Crippen LogP contribution < -0.4 is 5.32 Å². The van der Waals surface area contributed by atoms with Gasteiger partial charge in [-0.25, -0.2) is 0 Å². The van der Waals surface area contributed by atoms with Gasteiger partial charge in [-0.15, -0.1) is 0 Å². The third kappa shape index (κ3) is 4.87. The van der Waals surface area contributed by atoms with Gasteiger partial charge in [0.2, 0.25) is 0 Å². The van der Waals surface area contributed by atoms with Gasteiger partial charge in [0.05, 0.1) is 24.4 Å². The van der Waals surface area contributed by atoms with E-state index in [2.05, 4.69) is 5.32 Å². The number of nitrogens with zero attached hydrogens (tertiary/aromatic N) is 2. The van der Waals surface area contributed by atoms with Gasteiger partial charge in [-0.2, -0.15) is 0 Å². The molecule has 1 aromatic carbocycles. The highest BCUT2D eigenvalue weighted by Crippen LogP contribution is 2.27. The number of furan rings is 1. The molecule has 3 rings (SSSR count). The first-order chi connectivity index (χ1) is 13.6. The van der Waals surface area contributed by atoms with Crippen molar-refractivity contribution in [2.45, 2.75) is 6.42 Å². The Kier molecular flexibility index (Phi) is 6.62. The van der Waals surface area contributed by atoms with Crippen molar-refractivity contribution in [2.24, 2.45) is 5.92 Å². The Morgan fingerprint density at radius 3 is 2.75 bits per heavy atom. The van der Waals surface area contributed by atoms with Crippen molar-refractivity contribution in [2.75, 3.05) is 44.8 Å². The number of nitro benzene ring substituents is 1. The molecule has 1 aromatic heterocycles. The Morgan fingerprint density at radius 1 is 1.32 bits per heavy atom. The number of hydrogen-bond acceptors (Lipinski definition) is 7. The lowest BCUT2D eigenvalue weighted by Crippen LogP contribution is -2.40. The van der Waals surface area contributed by atoms with Gasteiger partial charge in [0.25, 0.3) is 11.6 Å². The molecule has 1 aliphatic rings. The van der Waals surface area contributed by atoms with Gasteiger partial charge >= 0.3 is 0 Å². The largest absolute Gasteiger partial charge is 0.469 e. The maximum absolute atomic E-state index is 12.6. The maximum Gasteiger partial charge on any atom is 0.293 e. The van der Waals surface area contributed by atoms with Gasteiger partial charge in [0.15, 0.2) is 0 Å². The lowest BCUT2D eigenvalue weighted by Gasteiger charge is -2.26. The summed E-state index contributed by atoms with van der Waals surface area (Å²) in [5.74, 6) is 0.325. The quantitative estimate of drug-likeness (QED) is 0.523. The first-order valence-electron chi connectivity index (χ1n) is 9.11. The number of ether oxygens (including phenoxy) is 1. The van der Waals surface area contributed by atoms with Gasteiger partial charge < -0.3 is 24.5 Å². The van der Waals surface area contributed by atoms with E-state index in [1.165, 1.54) is 12.1 Å². The number of carbonyl (C=O) groups is 1. The van der Waals surface area contributed by atoms with Gasteiger partial charge in [-0.3, -0.25) is 14.9 Å². The molecule has 0 spiro atoms. The zero-order chi connectivity index (χ0) is 19.9. The topological polar surface area (TPSA) is 118 Å². The van der Waals surface area contributed by atoms with Crippen LogP contribution in [0, 0.1) is 16.0 Å². The van der Waals surface area contributed by atoms with Crippen LogP contribution in [0.15, 0.2) is 41.0 Å². The fraction of sp³-hybridized carbons (Fsp3) is 0.421. The van der Waals surface area contributed by atoms with E-state index in [1.807, 2.05) is 6.07 Å². The van der Waals surface area contributed by atoms with Crippen LogP contribution in [-0.2, 0) is 11.2 Å². The number of rotatable bonds is 8. The summed E-state index contributed by atoms with van der Waals surface area (Å²) in [5.41, 5.74) is 0.406. The van der Waals surface area contributed by atoms with E-state index in [-0.39, 0.29) is 29.7 Å². The van der Waals surface area contributed by atoms with Crippen molar-refractivity contribution >= 4 is 17.3 Å². The fourth-order valence-electron chi connectivity index (χ4n) is 3.08. The third-order valence-electron chi connectivity index (χ3n) is 4.65. The third-order valence-corrected chi connectivity index (χ3v) is 4.65. The summed E-state index contributed by atoms with van der Waals surface area (Å²) >= 11 is 0. The molecule has 2 heterocycles. The molecule has 0 bridgehead atoms. The minimum atomic E-state index is -0.515. The second-order valence-corrected chi connectivity index (χ2v) is 6.61. The van der Waals surface area contributed by atoms with E-state index in [0.29, 0.717) is 45.0 Å². The van der Waals surface area contributed by atoms with Gasteiger partial charge in [-0.1, -0.05) is 0 Å². The van der Waals surface area contributed by atoms with Crippen molar-refractivity contribution in [3.8, 4) is 0 Å². The Hall–Kier alpha value is -2.91. The van der Waals surface area contributed by atoms with Gasteiger partial charge in [-0.05, 0) is 24.3 Å². The van der Waals surface area contributed by atoms with Crippen LogP contribution >= 0.6 is 0 Å². The van der Waals surface area contributed by atoms with E-state index >= 15 is 0 Å². The van der Waals surface area contributed by atoms with E-state index in [9.17, 15) is 20.0 Å². The monoisotopic (exact) mass is 389 g/mol. The molecule has 1 atom stereocenters. The minimum Gasteiger partial charge on any atom is -0.469 e. The molecular weight excluding hydrogens is 366 g/mol. The highest BCUT2D eigenvalue weighted by Gasteiger charge is 2.23. The number of benzene rings is 1. The number of nitro groups is 1. The predicted octanol–water partition coefficient (Wildman–Crippen LogP) is 1.92. The average molecular weight is 389 g/mol. The second kappa shape index (κ2) is 9.34. The fourth-order valence-corrected chi connectivity index (χ4v) is 3.08. The van der Waals surface area contributed by atoms with Crippen LogP contribution in [0.3, 0.4) is 0 Å². The molecule has 28 heavy (non-hydrogen) atoms. The molecule has 1 saturated heterocycles. The maximum atomic E-state index is 12.6. The van der Waals surface area contributed by atoms with E-state index in [4.69, 9.17) is 9.15 Å². The molecule has 1 fully saturated rings. The summed E-state index contributed by atoms with van der Waals surface area (Å²) in [6, 6.07) is 7.99. The summed E-state index contributed by atoms with van der Waals surface area (Å²) in [4.78, 5) is 25.2. The molecule has 2 aromatic rings. The van der Waals surface area contributed by atoms with Crippen LogP contribution in [0.1, 0.15) is 16.1 Å². The lowest BCUT2D eigenvalue weighted by atomic mass is 10.0. The Morgan fingerprint density at radius 2 is 2.11 bits per heavy atom.